The van der Waals surface area contributed by atoms with E-state index in [1.54, 1.807) is 20.8 Å². The number of aromatic nitrogens is 2. The zero-order chi connectivity index (χ0) is 10.8. The molecule has 5 nitrogen and oxygen atoms in total. The molecule has 0 saturated carbocycles. The van der Waals surface area contributed by atoms with E-state index in [4.69, 9.17) is 5.11 Å². The quantitative estimate of drug-likeness (QED) is 0.648. The highest BCUT2D eigenvalue weighted by molar-refractivity contribution is 5.92. The molecule has 0 unspecified atom stereocenters. The number of hydrogen-bond donors (Lipinski definition) is 3. The van der Waals surface area contributed by atoms with Gasteiger partial charge in [-0.05, 0) is 20.8 Å². The monoisotopic (exact) mass is 197 g/mol. The first-order chi connectivity index (χ1) is 6.44. The maximum absolute atomic E-state index is 11.5. The van der Waals surface area contributed by atoms with Crippen molar-refractivity contribution in [3.05, 3.63) is 17.7 Å². The van der Waals surface area contributed by atoms with Crippen LogP contribution in [0.4, 0.5) is 0 Å². The lowest BCUT2D eigenvalue weighted by molar-refractivity contribution is 0.0864. The minimum absolute atomic E-state index is 0.105. The highest BCUT2D eigenvalue weighted by atomic mass is 16.3. The lowest BCUT2D eigenvalue weighted by atomic mass is 10.1. The van der Waals surface area contributed by atoms with Crippen LogP contribution in [0.5, 0.6) is 0 Å². The van der Waals surface area contributed by atoms with Gasteiger partial charge in [-0.25, -0.2) is 4.98 Å². The number of H-pyrrole nitrogens is 1. The molecule has 0 radical (unpaired) electrons. The van der Waals surface area contributed by atoms with Crippen LogP contribution in [0.25, 0.3) is 0 Å². The number of imidazole rings is 1. The van der Waals surface area contributed by atoms with Gasteiger partial charge in [0.15, 0.2) is 0 Å². The number of hydrogen-bond acceptors (Lipinski definition) is 3. The summed E-state index contributed by atoms with van der Waals surface area (Å²) in [6.45, 7) is 5.15. The van der Waals surface area contributed by atoms with E-state index < -0.39 is 5.54 Å². The molecule has 1 rings (SSSR count). The van der Waals surface area contributed by atoms with E-state index in [1.807, 2.05) is 0 Å². The molecular formula is C9H15N3O2. The van der Waals surface area contributed by atoms with Crippen molar-refractivity contribution in [1.29, 1.82) is 0 Å². The van der Waals surface area contributed by atoms with Crippen molar-refractivity contribution in [3.63, 3.8) is 0 Å². The fourth-order valence-corrected chi connectivity index (χ4v) is 0.950. The van der Waals surface area contributed by atoms with E-state index in [0.717, 1.165) is 0 Å². The second-order valence-corrected chi connectivity index (χ2v) is 3.88. The van der Waals surface area contributed by atoms with Crippen molar-refractivity contribution in [2.75, 3.05) is 6.61 Å². The lowest BCUT2D eigenvalue weighted by Gasteiger charge is -2.22. The largest absolute Gasteiger partial charge is 0.394 e. The molecule has 1 amide bonds. The number of aliphatic hydroxyl groups is 1. The number of aliphatic hydroxyl groups excluding tert-OH is 1. The molecule has 0 spiro atoms. The molecule has 1 aromatic rings. The summed E-state index contributed by atoms with van der Waals surface area (Å²) in [4.78, 5) is 18.3. The van der Waals surface area contributed by atoms with E-state index in [0.29, 0.717) is 11.5 Å². The molecule has 1 heterocycles. The molecule has 0 aliphatic rings. The van der Waals surface area contributed by atoms with Gasteiger partial charge in [0.25, 0.3) is 5.91 Å². The number of nitrogens with zero attached hydrogens (tertiary/aromatic N) is 1. The minimum atomic E-state index is -0.615. The van der Waals surface area contributed by atoms with Crippen molar-refractivity contribution < 1.29 is 9.90 Å². The third kappa shape index (κ3) is 2.56. The number of amides is 1. The van der Waals surface area contributed by atoms with Crippen molar-refractivity contribution in [1.82, 2.24) is 15.3 Å². The summed E-state index contributed by atoms with van der Waals surface area (Å²) in [5, 5.41) is 11.6. The Hall–Kier alpha value is -1.36. The molecule has 0 saturated heterocycles. The number of carbonyl (C=O) groups is 1. The van der Waals surface area contributed by atoms with Gasteiger partial charge in [-0.1, -0.05) is 0 Å². The van der Waals surface area contributed by atoms with Crippen LogP contribution in [0.1, 0.15) is 30.2 Å². The van der Waals surface area contributed by atoms with Crippen LogP contribution in [0.15, 0.2) is 6.20 Å². The lowest BCUT2D eigenvalue weighted by Crippen LogP contribution is -2.46. The van der Waals surface area contributed by atoms with E-state index in [9.17, 15) is 4.79 Å². The predicted molar refractivity (Wildman–Crippen MR) is 52.0 cm³/mol. The van der Waals surface area contributed by atoms with Crippen LogP contribution < -0.4 is 5.32 Å². The summed E-state index contributed by atoms with van der Waals surface area (Å²) >= 11 is 0. The number of rotatable bonds is 3. The highest BCUT2D eigenvalue weighted by Gasteiger charge is 2.20. The average Bonchev–Trinajstić information content (AvgIpc) is 2.51. The Morgan fingerprint density at radius 2 is 2.36 bits per heavy atom. The summed E-state index contributed by atoms with van der Waals surface area (Å²) in [6, 6.07) is 0. The fourth-order valence-electron chi connectivity index (χ4n) is 0.950. The topological polar surface area (TPSA) is 78.0 Å². The van der Waals surface area contributed by atoms with Gasteiger partial charge < -0.3 is 15.4 Å². The summed E-state index contributed by atoms with van der Waals surface area (Å²) in [6.07, 6.45) is 1.47. The SMILES string of the molecule is Cc1ncc(C(=O)NC(C)(C)CO)[nH]1. The van der Waals surface area contributed by atoms with Crippen molar-refractivity contribution in [3.8, 4) is 0 Å². The Bertz CT molecular complexity index is 331. The predicted octanol–water partition coefficient (Wildman–Crippen LogP) is 0.219. The first-order valence-corrected chi connectivity index (χ1v) is 4.39. The van der Waals surface area contributed by atoms with Crippen LogP contribution in [-0.2, 0) is 0 Å². The van der Waals surface area contributed by atoms with Gasteiger partial charge in [0.05, 0.1) is 18.3 Å². The average molecular weight is 197 g/mol. The van der Waals surface area contributed by atoms with Crippen LogP contribution in [0, 0.1) is 6.92 Å². The summed E-state index contributed by atoms with van der Waals surface area (Å²) in [5.41, 5.74) is -0.208. The highest BCUT2D eigenvalue weighted by Crippen LogP contribution is 2.03. The molecule has 0 aliphatic heterocycles. The van der Waals surface area contributed by atoms with Gasteiger partial charge >= 0.3 is 0 Å². The Kier molecular flexibility index (Phi) is 2.90. The molecule has 0 aliphatic carbocycles. The normalized spacial score (nSPS) is 11.4. The van der Waals surface area contributed by atoms with Gasteiger partial charge in [0.2, 0.25) is 0 Å². The Balaban J connectivity index is 2.68. The molecule has 3 N–H and O–H groups in total. The van der Waals surface area contributed by atoms with E-state index in [2.05, 4.69) is 15.3 Å². The minimum Gasteiger partial charge on any atom is -0.394 e. The fraction of sp³-hybridized carbons (Fsp3) is 0.556. The van der Waals surface area contributed by atoms with Gasteiger partial charge in [0.1, 0.15) is 11.5 Å². The Labute approximate surface area is 82.6 Å². The molecule has 1 aromatic heterocycles. The van der Waals surface area contributed by atoms with Crippen molar-refractivity contribution in [2.45, 2.75) is 26.3 Å². The van der Waals surface area contributed by atoms with Crippen LogP contribution in [0.3, 0.4) is 0 Å². The van der Waals surface area contributed by atoms with Crippen LogP contribution in [0.2, 0.25) is 0 Å². The maximum atomic E-state index is 11.5. The summed E-state index contributed by atoms with van der Waals surface area (Å²) in [7, 11) is 0. The molecule has 5 heteroatoms. The first kappa shape index (κ1) is 10.7. The van der Waals surface area contributed by atoms with Gasteiger partial charge in [-0.2, -0.15) is 0 Å². The second-order valence-electron chi connectivity index (χ2n) is 3.88. The zero-order valence-corrected chi connectivity index (χ0v) is 8.59. The van der Waals surface area contributed by atoms with E-state index in [1.165, 1.54) is 6.20 Å². The number of carbonyl (C=O) groups excluding carboxylic acids is 1. The first-order valence-electron chi connectivity index (χ1n) is 4.39. The van der Waals surface area contributed by atoms with E-state index >= 15 is 0 Å². The van der Waals surface area contributed by atoms with Gasteiger partial charge in [-0.3, -0.25) is 4.79 Å². The zero-order valence-electron chi connectivity index (χ0n) is 8.59. The molecule has 14 heavy (non-hydrogen) atoms. The van der Waals surface area contributed by atoms with Crippen molar-refractivity contribution >= 4 is 5.91 Å². The van der Waals surface area contributed by atoms with Crippen LogP contribution in [-0.4, -0.2) is 33.1 Å². The van der Waals surface area contributed by atoms with Gasteiger partial charge in [-0.15, -0.1) is 0 Å². The third-order valence-corrected chi connectivity index (χ3v) is 1.79. The Morgan fingerprint density at radius 3 is 2.79 bits per heavy atom. The summed E-state index contributed by atoms with van der Waals surface area (Å²) in [5.74, 6) is 0.432. The number of nitrogens with one attached hydrogen (secondary N) is 2. The molecular weight excluding hydrogens is 182 g/mol. The van der Waals surface area contributed by atoms with Crippen molar-refractivity contribution in [2.24, 2.45) is 0 Å². The molecule has 78 valence electrons. The standard InChI is InChI=1S/C9H15N3O2/c1-6-10-4-7(11-6)8(14)12-9(2,3)5-13/h4,13H,5H2,1-3H3,(H,10,11)(H,12,14). The molecule has 0 fully saturated rings. The summed E-state index contributed by atoms with van der Waals surface area (Å²) < 4.78 is 0. The van der Waals surface area contributed by atoms with E-state index in [-0.39, 0.29) is 12.5 Å². The Morgan fingerprint density at radius 1 is 1.71 bits per heavy atom. The number of aryl methyl sites for hydroxylation is 1. The molecule has 0 atom stereocenters. The number of aromatic amines is 1. The van der Waals surface area contributed by atoms with Gasteiger partial charge in [0, 0.05) is 0 Å². The van der Waals surface area contributed by atoms with Crippen LogP contribution >= 0.6 is 0 Å². The second kappa shape index (κ2) is 3.79. The molecule has 0 aromatic carbocycles. The molecule has 0 bridgehead atoms. The maximum Gasteiger partial charge on any atom is 0.269 e. The smallest absolute Gasteiger partial charge is 0.269 e. The third-order valence-electron chi connectivity index (χ3n) is 1.79.